The van der Waals surface area contributed by atoms with Gasteiger partial charge in [-0.05, 0) is 145 Å². The van der Waals surface area contributed by atoms with E-state index >= 15 is 0 Å². The Balaban J connectivity index is 0.864. The predicted octanol–water partition coefficient (Wildman–Crippen LogP) is 16.8. The van der Waals surface area contributed by atoms with Gasteiger partial charge in [0.05, 0.1) is 35.5 Å². The monoisotopic (exact) mass is 1000 g/mol. The SMILES string of the molecule is CCCCCCCCCCCCCCCCOc1ccc(C(=O)Oc2ccc(C(=O)Oc3ccc(-c4cccc(OC(=O)c5ccc(OC(=O)c6ccc(OCCCCCCCC)cc6)cc5)c4)cc3)cc2)cc1. The summed E-state index contributed by atoms with van der Waals surface area (Å²) in [6, 6.07) is 40.1. The third-order valence-electron chi connectivity index (χ3n) is 12.8. The Hall–Kier alpha value is -7.20. The van der Waals surface area contributed by atoms with Crippen LogP contribution in [0.4, 0.5) is 0 Å². The van der Waals surface area contributed by atoms with Crippen LogP contribution in [0.25, 0.3) is 11.1 Å². The van der Waals surface area contributed by atoms with E-state index in [1.807, 2.05) is 6.07 Å². The van der Waals surface area contributed by atoms with E-state index in [0.29, 0.717) is 53.1 Å². The molecule has 0 radical (unpaired) electrons. The Kier molecular flexibility index (Phi) is 24.3. The summed E-state index contributed by atoms with van der Waals surface area (Å²) in [6.45, 7) is 5.76. The fourth-order valence-corrected chi connectivity index (χ4v) is 8.37. The van der Waals surface area contributed by atoms with Crippen LogP contribution >= 0.6 is 0 Å². The molecule has 0 fully saturated rings. The second-order valence-corrected chi connectivity index (χ2v) is 18.8. The molecule has 0 aliphatic carbocycles. The van der Waals surface area contributed by atoms with Gasteiger partial charge < -0.3 is 28.4 Å². The highest BCUT2D eigenvalue weighted by atomic mass is 16.5. The fraction of sp³-hybridized carbons (Fsp3) is 0.375. The van der Waals surface area contributed by atoms with Gasteiger partial charge in [-0.2, -0.15) is 0 Å². The van der Waals surface area contributed by atoms with Crippen LogP contribution in [0.5, 0.6) is 34.5 Å². The summed E-state index contributed by atoms with van der Waals surface area (Å²) >= 11 is 0. The Bertz CT molecular complexity index is 2590. The largest absolute Gasteiger partial charge is 0.494 e. The first-order valence-electron chi connectivity index (χ1n) is 27.0. The maximum absolute atomic E-state index is 13.1. The van der Waals surface area contributed by atoms with Crippen molar-refractivity contribution < 1.29 is 47.6 Å². The Morgan fingerprint density at radius 3 is 0.905 bits per heavy atom. The number of carbonyl (C=O) groups is 4. The lowest BCUT2D eigenvalue weighted by molar-refractivity contribution is 0.0720. The molecule has 0 aliphatic rings. The van der Waals surface area contributed by atoms with Gasteiger partial charge in [0.1, 0.15) is 34.5 Å². The molecular weight excluding hydrogens is 929 g/mol. The van der Waals surface area contributed by atoms with Gasteiger partial charge in [-0.25, -0.2) is 19.2 Å². The lowest BCUT2D eigenvalue weighted by Crippen LogP contribution is -2.10. The number of esters is 4. The summed E-state index contributed by atoms with van der Waals surface area (Å²) in [5, 5.41) is 0. The molecule has 10 nitrogen and oxygen atoms in total. The average molecular weight is 1000 g/mol. The van der Waals surface area contributed by atoms with E-state index in [1.54, 1.807) is 115 Å². The van der Waals surface area contributed by atoms with Crippen molar-refractivity contribution >= 4 is 23.9 Å². The molecule has 0 aliphatic heterocycles. The molecule has 0 aromatic heterocycles. The zero-order chi connectivity index (χ0) is 52.0. The van der Waals surface area contributed by atoms with E-state index < -0.39 is 23.9 Å². The number of rotatable bonds is 33. The molecule has 10 heteroatoms. The van der Waals surface area contributed by atoms with Crippen LogP contribution in [0.2, 0.25) is 0 Å². The molecule has 6 rings (SSSR count). The summed E-state index contributed by atoms with van der Waals surface area (Å²) in [6.07, 6.45) is 25.5. The number of unbranched alkanes of at least 4 members (excludes halogenated alkanes) is 18. The number of carbonyl (C=O) groups excluding carboxylic acids is 4. The van der Waals surface area contributed by atoms with Crippen molar-refractivity contribution in [2.24, 2.45) is 0 Å². The lowest BCUT2D eigenvalue weighted by Gasteiger charge is -2.10. The molecule has 0 N–H and O–H groups in total. The zero-order valence-corrected chi connectivity index (χ0v) is 43.5. The molecule has 6 aromatic carbocycles. The minimum atomic E-state index is -0.578. The summed E-state index contributed by atoms with van der Waals surface area (Å²) in [7, 11) is 0. The molecule has 0 saturated carbocycles. The van der Waals surface area contributed by atoms with Crippen molar-refractivity contribution in [1.82, 2.24) is 0 Å². The van der Waals surface area contributed by atoms with E-state index in [9.17, 15) is 19.2 Å². The van der Waals surface area contributed by atoms with Gasteiger partial charge >= 0.3 is 23.9 Å². The molecule has 0 heterocycles. The van der Waals surface area contributed by atoms with Gasteiger partial charge in [-0.1, -0.05) is 154 Å². The third-order valence-corrected chi connectivity index (χ3v) is 12.8. The van der Waals surface area contributed by atoms with Crippen LogP contribution in [0.15, 0.2) is 146 Å². The quantitative estimate of drug-likeness (QED) is 0.0224. The number of hydrogen-bond donors (Lipinski definition) is 0. The smallest absolute Gasteiger partial charge is 0.343 e. The Morgan fingerprint density at radius 1 is 0.284 bits per heavy atom. The minimum Gasteiger partial charge on any atom is -0.494 e. The molecule has 0 saturated heterocycles. The van der Waals surface area contributed by atoms with E-state index in [0.717, 1.165) is 36.8 Å². The standard InChI is InChI=1S/C64H74O10/c1-3-5-7-9-11-12-13-14-15-16-17-18-20-22-47-70-56-38-30-50(31-39-56)61(65)72-58-42-32-52(33-43-58)63(67)71-57-40-26-49(27-41-57)54-24-23-25-60(48-54)74-64(68)53-34-44-59(45-35-53)73-62(66)51-28-36-55(37-29-51)69-46-21-19-10-8-6-4-2/h23-45,48H,3-22,46-47H2,1-2H3. The molecule has 0 atom stereocenters. The van der Waals surface area contributed by atoms with Crippen LogP contribution < -0.4 is 28.4 Å². The van der Waals surface area contributed by atoms with Crippen LogP contribution in [0, 0.1) is 0 Å². The van der Waals surface area contributed by atoms with Crippen molar-refractivity contribution in [3.63, 3.8) is 0 Å². The molecular formula is C64H74O10. The summed E-state index contributed by atoms with van der Waals surface area (Å²) in [4.78, 5) is 51.8. The van der Waals surface area contributed by atoms with Gasteiger partial charge in [0.15, 0.2) is 0 Å². The first kappa shape index (κ1) is 56.1. The Labute approximate surface area is 438 Å². The summed E-state index contributed by atoms with van der Waals surface area (Å²) in [5.74, 6) is 0.475. The van der Waals surface area contributed by atoms with E-state index in [2.05, 4.69) is 13.8 Å². The summed E-state index contributed by atoms with van der Waals surface area (Å²) < 4.78 is 34.1. The lowest BCUT2D eigenvalue weighted by atomic mass is 10.0. The van der Waals surface area contributed by atoms with Gasteiger partial charge in [-0.3, -0.25) is 0 Å². The van der Waals surface area contributed by atoms with Gasteiger partial charge in [0.2, 0.25) is 0 Å². The maximum Gasteiger partial charge on any atom is 0.343 e. The van der Waals surface area contributed by atoms with E-state index in [-0.39, 0.29) is 16.9 Å². The molecule has 0 bridgehead atoms. The fourth-order valence-electron chi connectivity index (χ4n) is 8.37. The Morgan fingerprint density at radius 2 is 0.568 bits per heavy atom. The number of benzene rings is 6. The molecule has 390 valence electrons. The maximum atomic E-state index is 13.1. The van der Waals surface area contributed by atoms with Crippen molar-refractivity contribution in [2.45, 2.75) is 142 Å². The summed E-state index contributed by atoms with van der Waals surface area (Å²) in [5.41, 5.74) is 2.91. The van der Waals surface area contributed by atoms with Gasteiger partial charge in [0.25, 0.3) is 0 Å². The normalized spacial score (nSPS) is 10.9. The van der Waals surface area contributed by atoms with Crippen LogP contribution in [-0.2, 0) is 0 Å². The highest BCUT2D eigenvalue weighted by Gasteiger charge is 2.15. The van der Waals surface area contributed by atoms with Gasteiger partial charge in [0, 0.05) is 0 Å². The highest BCUT2D eigenvalue weighted by molar-refractivity contribution is 5.94. The topological polar surface area (TPSA) is 124 Å². The second-order valence-electron chi connectivity index (χ2n) is 18.8. The first-order chi connectivity index (χ1) is 36.3. The van der Waals surface area contributed by atoms with E-state index in [1.165, 1.54) is 127 Å². The van der Waals surface area contributed by atoms with Crippen molar-refractivity contribution in [1.29, 1.82) is 0 Å². The minimum absolute atomic E-state index is 0.279. The molecule has 0 amide bonds. The molecule has 0 spiro atoms. The van der Waals surface area contributed by atoms with Crippen molar-refractivity contribution in [2.75, 3.05) is 13.2 Å². The zero-order valence-electron chi connectivity index (χ0n) is 43.5. The number of ether oxygens (including phenoxy) is 6. The highest BCUT2D eigenvalue weighted by Crippen LogP contribution is 2.28. The third kappa shape index (κ3) is 20.0. The van der Waals surface area contributed by atoms with Crippen molar-refractivity contribution in [3.05, 3.63) is 168 Å². The second kappa shape index (κ2) is 32.1. The molecule has 74 heavy (non-hydrogen) atoms. The molecule has 0 unspecified atom stereocenters. The average Bonchev–Trinajstić information content (AvgIpc) is 3.42. The van der Waals surface area contributed by atoms with Crippen LogP contribution in [0.1, 0.15) is 184 Å². The number of hydrogen-bond acceptors (Lipinski definition) is 10. The van der Waals surface area contributed by atoms with E-state index in [4.69, 9.17) is 28.4 Å². The predicted molar refractivity (Wildman–Crippen MR) is 292 cm³/mol. The van der Waals surface area contributed by atoms with Gasteiger partial charge in [-0.15, -0.1) is 0 Å². The first-order valence-corrected chi connectivity index (χ1v) is 27.0. The molecule has 6 aromatic rings. The van der Waals surface area contributed by atoms with Crippen LogP contribution in [-0.4, -0.2) is 37.1 Å². The van der Waals surface area contributed by atoms with Crippen molar-refractivity contribution in [3.8, 4) is 45.6 Å². The van der Waals surface area contributed by atoms with Crippen LogP contribution in [0.3, 0.4) is 0 Å².